The Kier molecular flexibility index (Phi) is 3.04. The third-order valence-electron chi connectivity index (χ3n) is 4.48. The fourth-order valence-electron chi connectivity index (χ4n) is 3.14. The summed E-state index contributed by atoms with van der Waals surface area (Å²) in [5, 5.41) is 5.01. The number of benzene rings is 1. The van der Waals surface area contributed by atoms with E-state index in [-0.39, 0.29) is 11.8 Å². The number of aromatic nitrogens is 2. The third-order valence-corrected chi connectivity index (χ3v) is 5.24. The zero-order chi connectivity index (χ0) is 15.3. The van der Waals surface area contributed by atoms with Crippen molar-refractivity contribution in [1.29, 1.82) is 0 Å². The molecule has 0 bridgehead atoms. The SMILES string of the molecule is Cc1ccc([C@@H]2CC(=O)NCc3nc4sccn4c32)cc1C. The molecule has 0 unspecified atom stereocenters. The summed E-state index contributed by atoms with van der Waals surface area (Å²) in [6.07, 6.45) is 2.52. The van der Waals surface area contributed by atoms with E-state index >= 15 is 0 Å². The van der Waals surface area contributed by atoms with E-state index in [0.717, 1.165) is 16.3 Å². The van der Waals surface area contributed by atoms with Gasteiger partial charge in [0.05, 0.1) is 17.9 Å². The molecule has 3 heterocycles. The lowest BCUT2D eigenvalue weighted by molar-refractivity contribution is -0.121. The van der Waals surface area contributed by atoms with E-state index in [1.807, 2.05) is 5.38 Å². The van der Waals surface area contributed by atoms with Gasteiger partial charge >= 0.3 is 0 Å². The summed E-state index contributed by atoms with van der Waals surface area (Å²) in [7, 11) is 0. The molecule has 1 aromatic carbocycles. The first-order valence-corrected chi connectivity index (χ1v) is 8.29. The predicted molar refractivity (Wildman–Crippen MR) is 87.3 cm³/mol. The zero-order valence-electron chi connectivity index (χ0n) is 12.6. The molecular weight excluding hydrogens is 294 g/mol. The van der Waals surface area contributed by atoms with E-state index < -0.39 is 0 Å². The van der Waals surface area contributed by atoms with Gasteiger partial charge < -0.3 is 5.32 Å². The molecule has 22 heavy (non-hydrogen) atoms. The van der Waals surface area contributed by atoms with Crippen molar-refractivity contribution in [3.05, 3.63) is 57.9 Å². The molecule has 3 aromatic rings. The highest BCUT2D eigenvalue weighted by molar-refractivity contribution is 7.15. The molecule has 0 aliphatic carbocycles. The molecule has 4 nitrogen and oxygen atoms in total. The van der Waals surface area contributed by atoms with Gasteiger partial charge in [-0.2, -0.15) is 0 Å². The van der Waals surface area contributed by atoms with Gasteiger partial charge in [0.15, 0.2) is 4.96 Å². The summed E-state index contributed by atoms with van der Waals surface area (Å²) in [5.74, 6) is 0.145. The number of aryl methyl sites for hydroxylation is 2. The molecular formula is C17H17N3OS. The van der Waals surface area contributed by atoms with Gasteiger partial charge in [-0.05, 0) is 30.5 Å². The number of rotatable bonds is 1. The Bertz CT molecular complexity index is 877. The fourth-order valence-corrected chi connectivity index (χ4v) is 3.88. The molecule has 1 atom stereocenters. The lowest BCUT2D eigenvalue weighted by Crippen LogP contribution is -2.21. The minimum absolute atomic E-state index is 0.0569. The standard InChI is InChI=1S/C17H17N3OS/c1-10-3-4-12(7-11(10)2)13-8-15(21)18-9-14-16(13)20-5-6-22-17(20)19-14/h3-7,13H,8-9H2,1-2H3,(H,18,21)/t13-/m0/s1. The van der Waals surface area contributed by atoms with Gasteiger partial charge in [0.1, 0.15) is 0 Å². The number of imidazole rings is 1. The van der Waals surface area contributed by atoms with Crippen molar-refractivity contribution in [2.45, 2.75) is 32.7 Å². The number of carbonyl (C=O) groups excluding carboxylic acids is 1. The van der Waals surface area contributed by atoms with Crippen LogP contribution in [0.2, 0.25) is 0 Å². The maximum atomic E-state index is 12.1. The molecule has 0 saturated carbocycles. The number of thiazole rings is 1. The Morgan fingerprint density at radius 2 is 2.18 bits per heavy atom. The van der Waals surface area contributed by atoms with Gasteiger partial charge in [-0.1, -0.05) is 18.2 Å². The number of nitrogens with one attached hydrogen (secondary N) is 1. The van der Waals surface area contributed by atoms with E-state index in [0.29, 0.717) is 13.0 Å². The Hall–Kier alpha value is -2.14. The van der Waals surface area contributed by atoms with Crippen LogP contribution in [-0.4, -0.2) is 15.3 Å². The molecule has 1 aliphatic heterocycles. The van der Waals surface area contributed by atoms with Crippen LogP contribution in [0.15, 0.2) is 29.8 Å². The van der Waals surface area contributed by atoms with E-state index in [2.05, 4.69) is 48.0 Å². The highest BCUT2D eigenvalue weighted by atomic mass is 32.1. The molecule has 0 radical (unpaired) electrons. The second-order valence-corrected chi connectivity index (χ2v) is 6.75. The van der Waals surface area contributed by atoms with Crippen LogP contribution >= 0.6 is 11.3 Å². The lowest BCUT2D eigenvalue weighted by atomic mass is 9.89. The minimum atomic E-state index is 0.0569. The van der Waals surface area contributed by atoms with Crippen LogP contribution in [0.25, 0.3) is 4.96 Å². The topological polar surface area (TPSA) is 46.4 Å². The molecule has 0 fully saturated rings. The number of hydrogen-bond acceptors (Lipinski definition) is 3. The Morgan fingerprint density at radius 1 is 1.32 bits per heavy atom. The van der Waals surface area contributed by atoms with Crippen LogP contribution in [0.4, 0.5) is 0 Å². The quantitative estimate of drug-likeness (QED) is 0.750. The van der Waals surface area contributed by atoms with E-state index in [1.165, 1.54) is 16.7 Å². The van der Waals surface area contributed by atoms with Gasteiger partial charge in [-0.15, -0.1) is 11.3 Å². The van der Waals surface area contributed by atoms with Crippen molar-refractivity contribution < 1.29 is 4.79 Å². The first kappa shape index (κ1) is 13.5. The van der Waals surface area contributed by atoms with Crippen molar-refractivity contribution in [3.63, 3.8) is 0 Å². The van der Waals surface area contributed by atoms with Gasteiger partial charge in [0.25, 0.3) is 0 Å². The summed E-state index contributed by atoms with van der Waals surface area (Å²) in [6, 6.07) is 6.48. The lowest BCUT2D eigenvalue weighted by Gasteiger charge is -2.16. The van der Waals surface area contributed by atoms with Crippen LogP contribution < -0.4 is 5.32 Å². The largest absolute Gasteiger partial charge is 0.350 e. The monoisotopic (exact) mass is 311 g/mol. The maximum absolute atomic E-state index is 12.1. The van der Waals surface area contributed by atoms with Crippen LogP contribution in [0, 0.1) is 13.8 Å². The molecule has 2 aromatic heterocycles. The van der Waals surface area contributed by atoms with Crippen LogP contribution in [0.3, 0.4) is 0 Å². The minimum Gasteiger partial charge on any atom is -0.350 e. The van der Waals surface area contributed by atoms with Gasteiger partial charge in [-0.3, -0.25) is 9.20 Å². The number of hydrogen-bond donors (Lipinski definition) is 1. The molecule has 1 amide bonds. The third kappa shape index (κ3) is 2.04. The summed E-state index contributed by atoms with van der Waals surface area (Å²) in [6.45, 7) is 4.75. The summed E-state index contributed by atoms with van der Waals surface area (Å²) in [5.41, 5.74) is 5.86. The molecule has 0 saturated heterocycles. The van der Waals surface area contributed by atoms with E-state index in [9.17, 15) is 4.79 Å². The first-order valence-electron chi connectivity index (χ1n) is 7.41. The van der Waals surface area contributed by atoms with Crippen molar-refractivity contribution in [2.24, 2.45) is 0 Å². The Balaban J connectivity index is 1.92. The number of fused-ring (bicyclic) bond motifs is 3. The number of amides is 1. The number of carbonyl (C=O) groups is 1. The number of nitrogens with zero attached hydrogens (tertiary/aromatic N) is 2. The fraction of sp³-hybridized carbons (Fsp3) is 0.294. The van der Waals surface area contributed by atoms with Crippen molar-refractivity contribution >= 4 is 22.2 Å². The Labute approximate surface area is 132 Å². The van der Waals surface area contributed by atoms with Crippen molar-refractivity contribution in [3.8, 4) is 0 Å². The van der Waals surface area contributed by atoms with Gasteiger partial charge in [-0.25, -0.2) is 4.98 Å². The van der Waals surface area contributed by atoms with Crippen LogP contribution in [0.1, 0.15) is 40.4 Å². The maximum Gasteiger partial charge on any atom is 0.221 e. The molecule has 1 aliphatic rings. The summed E-state index contributed by atoms with van der Waals surface area (Å²) in [4.78, 5) is 17.8. The second-order valence-electron chi connectivity index (χ2n) is 5.88. The normalized spacial score (nSPS) is 18.1. The van der Waals surface area contributed by atoms with E-state index in [1.54, 1.807) is 11.3 Å². The molecule has 5 heteroatoms. The smallest absolute Gasteiger partial charge is 0.221 e. The second kappa shape index (κ2) is 4.95. The van der Waals surface area contributed by atoms with Crippen LogP contribution in [0.5, 0.6) is 0 Å². The molecule has 112 valence electrons. The molecule has 0 spiro atoms. The van der Waals surface area contributed by atoms with Crippen molar-refractivity contribution in [1.82, 2.24) is 14.7 Å². The first-order chi connectivity index (χ1) is 10.6. The van der Waals surface area contributed by atoms with Gasteiger partial charge in [0, 0.05) is 23.9 Å². The van der Waals surface area contributed by atoms with Gasteiger partial charge in [0.2, 0.25) is 5.91 Å². The Morgan fingerprint density at radius 3 is 3.00 bits per heavy atom. The highest BCUT2D eigenvalue weighted by Gasteiger charge is 2.29. The summed E-state index contributed by atoms with van der Waals surface area (Å²) < 4.78 is 2.14. The van der Waals surface area contributed by atoms with E-state index in [4.69, 9.17) is 4.98 Å². The highest BCUT2D eigenvalue weighted by Crippen LogP contribution is 2.34. The predicted octanol–water partition coefficient (Wildman–Crippen LogP) is 3.16. The zero-order valence-corrected chi connectivity index (χ0v) is 13.4. The van der Waals surface area contributed by atoms with Crippen molar-refractivity contribution in [2.75, 3.05) is 0 Å². The molecule has 1 N–H and O–H groups in total. The summed E-state index contributed by atoms with van der Waals surface area (Å²) >= 11 is 1.63. The average Bonchev–Trinajstić information content (AvgIpc) is 3.02. The molecule has 4 rings (SSSR count). The average molecular weight is 311 g/mol. The van der Waals surface area contributed by atoms with Crippen LogP contribution in [-0.2, 0) is 11.3 Å².